The highest BCUT2D eigenvalue weighted by atomic mass is 16.6. The number of rotatable bonds is 1. The number of fused-ring (bicyclic) bond motifs is 1. The van der Waals surface area contributed by atoms with E-state index in [9.17, 15) is 4.79 Å². The molecule has 1 aliphatic carbocycles. The van der Waals surface area contributed by atoms with Gasteiger partial charge in [-0.05, 0) is 62.3 Å². The van der Waals surface area contributed by atoms with E-state index in [0.717, 1.165) is 19.3 Å². The van der Waals surface area contributed by atoms with Crippen LogP contribution in [0.4, 0.5) is 4.79 Å². The molecule has 1 atom stereocenters. The minimum Gasteiger partial charge on any atom is -0.444 e. The van der Waals surface area contributed by atoms with Crippen molar-refractivity contribution in [1.82, 2.24) is 4.90 Å². The number of ether oxygens (including phenoxy) is 1. The standard InChI is InChI=1S/C19H26N2O2/c1-19(2,3)23-18(22)21-10-4-5-15(12-21)13-6-8-16-14(11-13)7-9-17(16)20/h5-6,8,11,17H,4,7,9-10,12,20H2,1-3H3. The molecule has 1 aromatic carbocycles. The van der Waals surface area contributed by atoms with E-state index in [2.05, 4.69) is 24.3 Å². The molecule has 0 bridgehead atoms. The molecule has 1 heterocycles. The van der Waals surface area contributed by atoms with Crippen LogP contribution in [0.15, 0.2) is 24.3 Å². The molecule has 124 valence electrons. The Morgan fingerprint density at radius 1 is 1.35 bits per heavy atom. The van der Waals surface area contributed by atoms with Crippen molar-refractivity contribution in [3.63, 3.8) is 0 Å². The third kappa shape index (κ3) is 3.58. The van der Waals surface area contributed by atoms with Crippen molar-refractivity contribution in [3.8, 4) is 0 Å². The summed E-state index contributed by atoms with van der Waals surface area (Å²) in [7, 11) is 0. The van der Waals surface area contributed by atoms with Gasteiger partial charge in [-0.2, -0.15) is 0 Å². The van der Waals surface area contributed by atoms with Crippen molar-refractivity contribution in [2.24, 2.45) is 5.73 Å². The predicted octanol–water partition coefficient (Wildman–Crippen LogP) is 3.66. The van der Waals surface area contributed by atoms with Gasteiger partial charge in [0.2, 0.25) is 0 Å². The van der Waals surface area contributed by atoms with Gasteiger partial charge in [0.05, 0.1) is 0 Å². The minimum absolute atomic E-state index is 0.178. The zero-order valence-corrected chi connectivity index (χ0v) is 14.3. The number of amides is 1. The van der Waals surface area contributed by atoms with Gasteiger partial charge in [0.15, 0.2) is 0 Å². The van der Waals surface area contributed by atoms with Crippen LogP contribution in [0.25, 0.3) is 5.57 Å². The van der Waals surface area contributed by atoms with E-state index >= 15 is 0 Å². The highest BCUT2D eigenvalue weighted by molar-refractivity contribution is 5.75. The summed E-state index contributed by atoms with van der Waals surface area (Å²) in [4.78, 5) is 14.1. The summed E-state index contributed by atoms with van der Waals surface area (Å²) in [5.41, 5.74) is 10.7. The molecule has 23 heavy (non-hydrogen) atoms. The maximum absolute atomic E-state index is 12.3. The van der Waals surface area contributed by atoms with Crippen molar-refractivity contribution in [3.05, 3.63) is 41.0 Å². The molecular weight excluding hydrogens is 288 g/mol. The fourth-order valence-electron chi connectivity index (χ4n) is 3.29. The Morgan fingerprint density at radius 3 is 2.87 bits per heavy atom. The summed E-state index contributed by atoms with van der Waals surface area (Å²) < 4.78 is 5.49. The molecule has 3 rings (SSSR count). The number of carbonyl (C=O) groups excluding carboxylic acids is 1. The average molecular weight is 314 g/mol. The molecule has 0 aromatic heterocycles. The van der Waals surface area contributed by atoms with Crippen LogP contribution >= 0.6 is 0 Å². The van der Waals surface area contributed by atoms with E-state index in [1.165, 1.54) is 22.3 Å². The maximum Gasteiger partial charge on any atom is 0.410 e. The summed E-state index contributed by atoms with van der Waals surface area (Å²) >= 11 is 0. The largest absolute Gasteiger partial charge is 0.444 e. The lowest BCUT2D eigenvalue weighted by molar-refractivity contribution is 0.0273. The fraction of sp³-hybridized carbons (Fsp3) is 0.526. The van der Waals surface area contributed by atoms with Gasteiger partial charge in [-0.3, -0.25) is 0 Å². The van der Waals surface area contributed by atoms with Crippen molar-refractivity contribution >= 4 is 11.7 Å². The van der Waals surface area contributed by atoms with E-state index in [4.69, 9.17) is 10.5 Å². The summed E-state index contributed by atoms with van der Waals surface area (Å²) in [6, 6.07) is 6.70. The Morgan fingerprint density at radius 2 is 2.13 bits per heavy atom. The Balaban J connectivity index is 1.74. The summed E-state index contributed by atoms with van der Waals surface area (Å²) in [5.74, 6) is 0. The first-order valence-electron chi connectivity index (χ1n) is 8.39. The Hall–Kier alpha value is -1.81. The van der Waals surface area contributed by atoms with Crippen LogP contribution in [0, 0.1) is 0 Å². The van der Waals surface area contributed by atoms with Crippen LogP contribution < -0.4 is 5.73 Å². The summed E-state index contributed by atoms with van der Waals surface area (Å²) in [5, 5.41) is 0. The molecule has 1 unspecified atom stereocenters. The molecule has 0 saturated carbocycles. The lowest BCUT2D eigenvalue weighted by Gasteiger charge is -2.30. The zero-order valence-electron chi connectivity index (χ0n) is 14.3. The Bertz CT molecular complexity index is 643. The number of nitrogens with two attached hydrogens (primary N) is 1. The summed E-state index contributed by atoms with van der Waals surface area (Å²) in [6.07, 6.45) is 4.95. The zero-order chi connectivity index (χ0) is 16.6. The third-order valence-corrected chi connectivity index (χ3v) is 4.44. The first-order chi connectivity index (χ1) is 10.8. The second kappa shape index (κ2) is 6.00. The molecular formula is C19H26N2O2. The van der Waals surface area contributed by atoms with Crippen molar-refractivity contribution in [2.45, 2.75) is 51.7 Å². The van der Waals surface area contributed by atoms with Crippen LogP contribution in [0.1, 0.15) is 56.3 Å². The lowest BCUT2D eigenvalue weighted by atomic mass is 9.97. The van der Waals surface area contributed by atoms with Crippen LogP contribution in [0.3, 0.4) is 0 Å². The Labute approximate surface area is 138 Å². The van der Waals surface area contributed by atoms with Crippen molar-refractivity contribution in [1.29, 1.82) is 0 Å². The fourth-order valence-corrected chi connectivity index (χ4v) is 3.29. The number of aryl methyl sites for hydroxylation is 1. The van der Waals surface area contributed by atoms with Gasteiger partial charge in [0.25, 0.3) is 0 Å². The van der Waals surface area contributed by atoms with Gasteiger partial charge >= 0.3 is 6.09 Å². The molecule has 2 aliphatic rings. The number of nitrogens with zero attached hydrogens (tertiary/aromatic N) is 1. The minimum atomic E-state index is -0.456. The van der Waals surface area contributed by atoms with Gasteiger partial charge < -0.3 is 15.4 Å². The lowest BCUT2D eigenvalue weighted by Crippen LogP contribution is -2.39. The summed E-state index contributed by atoms with van der Waals surface area (Å²) in [6.45, 7) is 7.02. The topological polar surface area (TPSA) is 55.6 Å². The molecule has 1 aliphatic heterocycles. The molecule has 0 spiro atoms. The molecule has 4 heteroatoms. The molecule has 0 radical (unpaired) electrons. The van der Waals surface area contributed by atoms with Gasteiger partial charge in [0.1, 0.15) is 5.60 Å². The van der Waals surface area contributed by atoms with Gasteiger partial charge in [-0.25, -0.2) is 4.79 Å². The van der Waals surface area contributed by atoms with Gasteiger partial charge in [0, 0.05) is 19.1 Å². The number of hydrogen-bond acceptors (Lipinski definition) is 3. The maximum atomic E-state index is 12.3. The molecule has 1 amide bonds. The Kier molecular flexibility index (Phi) is 4.19. The molecule has 0 fully saturated rings. The van der Waals surface area contributed by atoms with E-state index < -0.39 is 5.60 Å². The van der Waals surface area contributed by atoms with Gasteiger partial charge in [-0.15, -0.1) is 0 Å². The molecule has 4 nitrogen and oxygen atoms in total. The van der Waals surface area contributed by atoms with Crippen LogP contribution in [-0.4, -0.2) is 29.7 Å². The SMILES string of the molecule is CC(C)(C)OC(=O)N1CCC=C(c2ccc3c(c2)CCC3N)C1. The molecule has 0 saturated heterocycles. The number of benzene rings is 1. The van der Waals surface area contributed by atoms with Crippen LogP contribution in [0.2, 0.25) is 0 Å². The normalized spacial score (nSPS) is 21.0. The third-order valence-electron chi connectivity index (χ3n) is 4.44. The first kappa shape index (κ1) is 16.1. The predicted molar refractivity (Wildman–Crippen MR) is 92.1 cm³/mol. The second-order valence-electron chi connectivity index (χ2n) is 7.48. The number of carbonyl (C=O) groups is 1. The van der Waals surface area contributed by atoms with Crippen molar-refractivity contribution < 1.29 is 9.53 Å². The van der Waals surface area contributed by atoms with E-state index in [-0.39, 0.29) is 12.1 Å². The average Bonchev–Trinajstić information content (AvgIpc) is 2.87. The van der Waals surface area contributed by atoms with E-state index in [1.807, 2.05) is 20.8 Å². The monoisotopic (exact) mass is 314 g/mol. The van der Waals surface area contributed by atoms with Gasteiger partial charge in [-0.1, -0.05) is 24.3 Å². The molecule has 2 N–H and O–H groups in total. The first-order valence-corrected chi connectivity index (χ1v) is 8.39. The quantitative estimate of drug-likeness (QED) is 0.860. The molecule has 1 aromatic rings. The van der Waals surface area contributed by atoms with Crippen LogP contribution in [0.5, 0.6) is 0 Å². The van der Waals surface area contributed by atoms with E-state index in [0.29, 0.717) is 13.1 Å². The highest BCUT2D eigenvalue weighted by Gasteiger charge is 2.25. The number of hydrogen-bond donors (Lipinski definition) is 1. The van der Waals surface area contributed by atoms with E-state index in [1.54, 1.807) is 4.90 Å². The van der Waals surface area contributed by atoms with Crippen molar-refractivity contribution in [2.75, 3.05) is 13.1 Å². The highest BCUT2D eigenvalue weighted by Crippen LogP contribution is 2.32. The van der Waals surface area contributed by atoms with Crippen LogP contribution in [-0.2, 0) is 11.2 Å². The second-order valence-corrected chi connectivity index (χ2v) is 7.48. The smallest absolute Gasteiger partial charge is 0.410 e.